The van der Waals surface area contributed by atoms with Gasteiger partial charge < -0.3 is 0 Å². The molecule has 0 fully saturated rings. The maximum atomic E-state index is 4.64. The molecule has 3 nitrogen and oxygen atoms in total. The first-order chi connectivity index (χ1) is 25.5. The minimum atomic E-state index is -0.121. The minimum absolute atomic E-state index is 0.121. The lowest BCUT2D eigenvalue weighted by atomic mass is 9.80. The second kappa shape index (κ2) is 11.8. The molecule has 2 aromatic heterocycles. The maximum absolute atomic E-state index is 4.64. The van der Waals surface area contributed by atoms with E-state index < -0.39 is 0 Å². The quantitative estimate of drug-likeness (QED) is 0.131. The van der Waals surface area contributed by atoms with Gasteiger partial charge in [0.25, 0.3) is 0 Å². The summed E-state index contributed by atoms with van der Waals surface area (Å²) in [5, 5.41) is 10.3. The molecule has 52 heavy (non-hydrogen) atoms. The van der Waals surface area contributed by atoms with E-state index in [1.54, 1.807) is 0 Å². The smallest absolute Gasteiger partial charge is 0.138 e. The summed E-state index contributed by atoms with van der Waals surface area (Å²) in [4.78, 5) is 11.4. The number of fused-ring (bicyclic) bond motifs is 2. The third-order valence-corrected chi connectivity index (χ3v) is 10.8. The number of nitrogens with zero attached hydrogens (tertiary/aromatic N) is 3. The van der Waals surface area contributed by atoms with Crippen molar-refractivity contribution in [1.82, 2.24) is 9.97 Å². The van der Waals surface area contributed by atoms with Crippen LogP contribution in [0.5, 0.6) is 0 Å². The Kier molecular flexibility index (Phi) is 6.84. The summed E-state index contributed by atoms with van der Waals surface area (Å²) in [5.74, 6) is 1.66. The highest BCUT2D eigenvalue weighted by molar-refractivity contribution is 6.16. The van der Waals surface area contributed by atoms with Crippen LogP contribution in [-0.4, -0.2) is 9.97 Å². The van der Waals surface area contributed by atoms with E-state index in [1.807, 2.05) is 48.8 Å². The predicted molar refractivity (Wildman–Crippen MR) is 220 cm³/mol. The van der Waals surface area contributed by atoms with Gasteiger partial charge >= 0.3 is 0 Å². The number of aromatic nitrogens is 2. The highest BCUT2D eigenvalue weighted by Gasteiger charge is 2.34. The van der Waals surface area contributed by atoms with Gasteiger partial charge in [0.1, 0.15) is 11.6 Å². The highest BCUT2D eigenvalue weighted by Crippen LogP contribution is 2.51. The van der Waals surface area contributed by atoms with Crippen molar-refractivity contribution in [1.29, 1.82) is 0 Å². The van der Waals surface area contributed by atoms with E-state index in [0.717, 1.165) is 22.7 Å². The predicted octanol–water partition coefficient (Wildman–Crippen LogP) is 13.0. The highest BCUT2D eigenvalue weighted by atomic mass is 15.2. The Morgan fingerprint density at radius 3 is 1.87 bits per heavy atom. The average molecular weight is 666 g/mol. The first kappa shape index (κ1) is 30.3. The molecule has 0 saturated heterocycles. The lowest BCUT2D eigenvalue weighted by molar-refractivity contribution is 0.663. The largest absolute Gasteiger partial charge is 0.279 e. The van der Waals surface area contributed by atoms with Gasteiger partial charge in [-0.2, -0.15) is 0 Å². The van der Waals surface area contributed by atoms with E-state index in [-0.39, 0.29) is 5.41 Å². The Morgan fingerprint density at radius 2 is 1.10 bits per heavy atom. The molecule has 0 bridgehead atoms. The van der Waals surface area contributed by atoms with Crippen LogP contribution in [0.25, 0.3) is 66.4 Å². The molecule has 0 aliphatic heterocycles. The van der Waals surface area contributed by atoms with Crippen LogP contribution in [0.4, 0.5) is 17.3 Å². The van der Waals surface area contributed by atoms with Crippen molar-refractivity contribution in [3.05, 3.63) is 186 Å². The number of hydrogen-bond acceptors (Lipinski definition) is 3. The Hall–Kier alpha value is -6.58. The van der Waals surface area contributed by atoms with Crippen molar-refractivity contribution in [2.24, 2.45) is 0 Å². The molecular formula is C49H35N3. The monoisotopic (exact) mass is 665 g/mol. The van der Waals surface area contributed by atoms with Crippen LogP contribution in [0.1, 0.15) is 36.1 Å². The van der Waals surface area contributed by atoms with E-state index in [0.29, 0.717) is 0 Å². The van der Waals surface area contributed by atoms with Gasteiger partial charge in [-0.25, -0.2) is 9.97 Å². The summed E-state index contributed by atoms with van der Waals surface area (Å²) in [5.41, 5.74) is 8.66. The van der Waals surface area contributed by atoms with E-state index in [4.69, 9.17) is 0 Å². The van der Waals surface area contributed by atoms with Crippen molar-refractivity contribution in [3.8, 4) is 11.1 Å². The standard InChI is InChI=1S/C49H35N3/c1-49(2)43-28-33(27-37-20-21-38-29-39(31-44(49)48(38)47(37)43)42-13-9-11-34-10-3-4-12-41(34)42)17-16-32-18-19-36-30-40(23-22-35(36)26-32)52(45-14-5-7-24-50-45)46-15-6-8-25-51-46/h3-31H,1-2H3. The molecule has 0 N–H and O–H groups in total. The second-order valence-corrected chi connectivity index (χ2v) is 14.3. The van der Waals surface area contributed by atoms with Crippen LogP contribution in [0, 0.1) is 0 Å². The van der Waals surface area contributed by atoms with Gasteiger partial charge in [-0.05, 0) is 137 Å². The Balaban J connectivity index is 0.990. The van der Waals surface area contributed by atoms with Crippen LogP contribution >= 0.6 is 0 Å². The van der Waals surface area contributed by atoms with Gasteiger partial charge in [0.15, 0.2) is 0 Å². The third-order valence-electron chi connectivity index (χ3n) is 10.8. The van der Waals surface area contributed by atoms with Crippen molar-refractivity contribution in [2.45, 2.75) is 19.3 Å². The zero-order valence-electron chi connectivity index (χ0n) is 29.1. The number of rotatable bonds is 6. The molecule has 246 valence electrons. The molecule has 1 aliphatic carbocycles. The summed E-state index contributed by atoms with van der Waals surface area (Å²) in [7, 11) is 0. The summed E-state index contributed by atoms with van der Waals surface area (Å²) in [6, 6.07) is 54.7. The SMILES string of the molecule is CC1(C)c2cc(C=Cc3ccc4cc(N(c5ccccn5)c5ccccn5)ccc4c3)cc3ccc4cc(-c5cccc6ccccc56)cc1c4c23. The van der Waals surface area contributed by atoms with Crippen LogP contribution in [0.15, 0.2) is 164 Å². The first-order valence-electron chi connectivity index (χ1n) is 17.9. The fourth-order valence-electron chi connectivity index (χ4n) is 8.25. The van der Waals surface area contributed by atoms with Gasteiger partial charge in [0.2, 0.25) is 0 Å². The molecule has 0 atom stereocenters. The van der Waals surface area contributed by atoms with Crippen molar-refractivity contribution in [3.63, 3.8) is 0 Å². The normalized spacial score (nSPS) is 13.3. The molecule has 0 saturated carbocycles. The third kappa shape index (κ3) is 4.89. The Labute approximate surface area is 303 Å². The fraction of sp³-hybridized carbons (Fsp3) is 0.0612. The van der Waals surface area contributed by atoms with E-state index in [2.05, 4.69) is 156 Å². The zero-order valence-corrected chi connectivity index (χ0v) is 29.1. The molecule has 9 aromatic rings. The number of benzene rings is 7. The van der Waals surface area contributed by atoms with Crippen LogP contribution in [-0.2, 0) is 5.41 Å². The molecule has 0 radical (unpaired) electrons. The molecule has 1 aliphatic rings. The maximum Gasteiger partial charge on any atom is 0.138 e. The molecule has 0 spiro atoms. The topological polar surface area (TPSA) is 29.0 Å². The van der Waals surface area contributed by atoms with E-state index in [9.17, 15) is 0 Å². The van der Waals surface area contributed by atoms with Gasteiger partial charge in [0.05, 0.1) is 0 Å². The van der Waals surface area contributed by atoms with Crippen molar-refractivity contribution < 1.29 is 0 Å². The molecule has 2 heterocycles. The molecule has 3 heteroatoms. The lowest BCUT2D eigenvalue weighted by Crippen LogP contribution is -2.15. The molecule has 0 amide bonds. The molecule has 7 aromatic carbocycles. The Bertz CT molecular complexity index is 2830. The molecular weight excluding hydrogens is 631 g/mol. The van der Waals surface area contributed by atoms with E-state index >= 15 is 0 Å². The number of anilines is 3. The summed E-state index contributed by atoms with van der Waals surface area (Å²) < 4.78 is 0. The molecule has 0 unspecified atom stereocenters. The van der Waals surface area contributed by atoms with E-state index in [1.165, 1.54) is 71.1 Å². The summed E-state index contributed by atoms with van der Waals surface area (Å²) in [6.07, 6.45) is 8.14. The van der Waals surface area contributed by atoms with Gasteiger partial charge in [-0.1, -0.05) is 117 Å². The average Bonchev–Trinajstić information content (AvgIpc) is 3.42. The van der Waals surface area contributed by atoms with Gasteiger partial charge in [-0.3, -0.25) is 4.90 Å². The lowest BCUT2D eigenvalue weighted by Gasteiger charge is -2.23. The van der Waals surface area contributed by atoms with Gasteiger partial charge in [0, 0.05) is 23.5 Å². The van der Waals surface area contributed by atoms with Crippen molar-refractivity contribution in [2.75, 3.05) is 4.90 Å². The number of hydrogen-bond donors (Lipinski definition) is 0. The Morgan fingerprint density at radius 1 is 0.481 bits per heavy atom. The minimum Gasteiger partial charge on any atom is -0.279 e. The number of pyridine rings is 2. The second-order valence-electron chi connectivity index (χ2n) is 14.3. The van der Waals surface area contributed by atoms with Crippen molar-refractivity contribution >= 4 is 72.6 Å². The van der Waals surface area contributed by atoms with Crippen LogP contribution in [0.2, 0.25) is 0 Å². The summed E-state index contributed by atoms with van der Waals surface area (Å²) in [6.45, 7) is 4.77. The zero-order chi connectivity index (χ0) is 34.8. The van der Waals surface area contributed by atoms with Crippen LogP contribution < -0.4 is 4.90 Å². The van der Waals surface area contributed by atoms with Crippen LogP contribution in [0.3, 0.4) is 0 Å². The van der Waals surface area contributed by atoms with Gasteiger partial charge in [-0.15, -0.1) is 0 Å². The summed E-state index contributed by atoms with van der Waals surface area (Å²) >= 11 is 0. The first-order valence-corrected chi connectivity index (χ1v) is 17.9. The fourth-order valence-corrected chi connectivity index (χ4v) is 8.25. The molecule has 10 rings (SSSR count).